The fourth-order valence-electron chi connectivity index (χ4n) is 2.66. The predicted octanol–water partition coefficient (Wildman–Crippen LogP) is 1.26. The van der Waals surface area contributed by atoms with Crippen LogP contribution in [0.2, 0.25) is 0 Å². The van der Waals surface area contributed by atoms with Crippen molar-refractivity contribution in [2.75, 3.05) is 19.7 Å². The highest BCUT2D eigenvalue weighted by Crippen LogP contribution is 2.33. The maximum atomic E-state index is 11.8. The maximum absolute atomic E-state index is 11.8. The number of carbonyl (C=O) groups is 1. The lowest BCUT2D eigenvalue weighted by Crippen LogP contribution is -2.44. The first-order valence-corrected chi connectivity index (χ1v) is 7.91. The fraction of sp³-hybridized carbons (Fsp3) is 0.625. The number of ether oxygens (including phenoxy) is 1. The van der Waals surface area contributed by atoms with Gasteiger partial charge in [0, 0.05) is 43.9 Å². The highest BCUT2D eigenvalue weighted by Gasteiger charge is 2.31. The second-order valence-corrected chi connectivity index (χ2v) is 5.63. The van der Waals surface area contributed by atoms with Crippen molar-refractivity contribution in [3.8, 4) is 0 Å². The Kier molecular flexibility index (Phi) is 6.15. The standard InChI is InChI=1S/C16H26N4O2/c1-4-7-17-16(21)12(3)18-9-13-6-8-22-15(13)14-10-19-20(5-2)11-14/h4,10-13,15,18H,1,5-9H2,2-3H3,(H,17,21). The zero-order valence-corrected chi connectivity index (χ0v) is 13.4. The summed E-state index contributed by atoms with van der Waals surface area (Å²) in [6, 6.07) is -0.223. The molecule has 0 aromatic carbocycles. The first-order chi connectivity index (χ1) is 10.7. The summed E-state index contributed by atoms with van der Waals surface area (Å²) >= 11 is 0. The molecule has 1 fully saturated rings. The van der Waals surface area contributed by atoms with Crippen LogP contribution in [0.5, 0.6) is 0 Å². The molecule has 1 saturated heterocycles. The molecule has 6 heteroatoms. The minimum Gasteiger partial charge on any atom is -0.373 e. The predicted molar refractivity (Wildman–Crippen MR) is 85.4 cm³/mol. The van der Waals surface area contributed by atoms with Crippen LogP contribution in [0.25, 0.3) is 0 Å². The Bertz CT molecular complexity index is 500. The lowest BCUT2D eigenvalue weighted by atomic mass is 9.97. The molecule has 6 nitrogen and oxygen atoms in total. The summed E-state index contributed by atoms with van der Waals surface area (Å²) in [5, 5.41) is 10.4. The maximum Gasteiger partial charge on any atom is 0.237 e. The van der Waals surface area contributed by atoms with Crippen molar-refractivity contribution in [2.24, 2.45) is 5.92 Å². The third kappa shape index (κ3) is 4.18. The van der Waals surface area contributed by atoms with Gasteiger partial charge < -0.3 is 15.4 Å². The largest absolute Gasteiger partial charge is 0.373 e. The van der Waals surface area contributed by atoms with E-state index in [1.807, 2.05) is 24.0 Å². The molecule has 2 rings (SSSR count). The van der Waals surface area contributed by atoms with Crippen LogP contribution in [0.1, 0.15) is 31.9 Å². The quantitative estimate of drug-likeness (QED) is 0.710. The van der Waals surface area contributed by atoms with E-state index in [2.05, 4.69) is 29.2 Å². The van der Waals surface area contributed by atoms with Gasteiger partial charge in [-0.1, -0.05) is 6.08 Å². The van der Waals surface area contributed by atoms with E-state index < -0.39 is 0 Å². The first kappa shape index (κ1) is 16.7. The molecule has 3 atom stereocenters. The van der Waals surface area contributed by atoms with Crippen LogP contribution in [-0.4, -0.2) is 41.4 Å². The van der Waals surface area contributed by atoms with E-state index in [1.54, 1.807) is 6.08 Å². The summed E-state index contributed by atoms with van der Waals surface area (Å²) in [7, 11) is 0. The molecule has 2 N–H and O–H groups in total. The summed E-state index contributed by atoms with van der Waals surface area (Å²) in [4.78, 5) is 11.8. The van der Waals surface area contributed by atoms with E-state index in [4.69, 9.17) is 4.74 Å². The van der Waals surface area contributed by atoms with Crippen LogP contribution in [0.4, 0.5) is 0 Å². The lowest BCUT2D eigenvalue weighted by Gasteiger charge is -2.20. The molecular weight excluding hydrogens is 280 g/mol. The molecule has 0 saturated carbocycles. The molecule has 1 aromatic rings. The summed E-state index contributed by atoms with van der Waals surface area (Å²) < 4.78 is 7.77. The average molecular weight is 306 g/mol. The van der Waals surface area contributed by atoms with E-state index in [-0.39, 0.29) is 18.1 Å². The Labute approximate surface area is 131 Å². The van der Waals surface area contributed by atoms with Crippen LogP contribution < -0.4 is 10.6 Å². The van der Waals surface area contributed by atoms with Crippen molar-refractivity contribution in [3.63, 3.8) is 0 Å². The third-order valence-corrected chi connectivity index (χ3v) is 4.02. The summed E-state index contributed by atoms with van der Waals surface area (Å²) in [6.45, 7) is 10.4. The molecule has 3 unspecified atom stereocenters. The number of aromatic nitrogens is 2. The van der Waals surface area contributed by atoms with Gasteiger partial charge in [-0.25, -0.2) is 0 Å². The molecule has 0 aliphatic carbocycles. The normalized spacial score (nSPS) is 22.5. The number of carbonyl (C=O) groups excluding carboxylic acids is 1. The molecular formula is C16H26N4O2. The Morgan fingerprint density at radius 2 is 2.50 bits per heavy atom. The first-order valence-electron chi connectivity index (χ1n) is 7.91. The molecule has 0 bridgehead atoms. The number of hydrogen-bond acceptors (Lipinski definition) is 4. The molecule has 1 amide bonds. The number of hydrogen-bond donors (Lipinski definition) is 2. The summed E-state index contributed by atoms with van der Waals surface area (Å²) in [5.74, 6) is 0.360. The summed E-state index contributed by atoms with van der Waals surface area (Å²) in [6.07, 6.45) is 6.67. The third-order valence-electron chi connectivity index (χ3n) is 4.02. The van der Waals surface area contributed by atoms with Crippen LogP contribution in [0, 0.1) is 5.92 Å². The average Bonchev–Trinajstić information content (AvgIpc) is 3.18. The molecule has 2 heterocycles. The second kappa shape index (κ2) is 8.10. The van der Waals surface area contributed by atoms with Crippen molar-refractivity contribution in [1.82, 2.24) is 20.4 Å². The van der Waals surface area contributed by atoms with Gasteiger partial charge in [0.2, 0.25) is 5.91 Å². The van der Waals surface area contributed by atoms with Gasteiger partial charge in [-0.3, -0.25) is 9.48 Å². The number of aryl methyl sites for hydroxylation is 1. The smallest absolute Gasteiger partial charge is 0.237 e. The zero-order chi connectivity index (χ0) is 15.9. The number of amides is 1. The van der Waals surface area contributed by atoms with Crippen LogP contribution in [0.3, 0.4) is 0 Å². The zero-order valence-electron chi connectivity index (χ0n) is 13.4. The molecule has 0 spiro atoms. The Hall–Kier alpha value is -1.66. The van der Waals surface area contributed by atoms with Crippen molar-refractivity contribution in [2.45, 2.75) is 39.0 Å². The highest BCUT2D eigenvalue weighted by molar-refractivity contribution is 5.81. The summed E-state index contributed by atoms with van der Waals surface area (Å²) in [5.41, 5.74) is 1.12. The van der Waals surface area contributed by atoms with Crippen molar-refractivity contribution in [1.29, 1.82) is 0 Å². The number of nitrogens with one attached hydrogen (secondary N) is 2. The van der Waals surface area contributed by atoms with Gasteiger partial charge in [0.15, 0.2) is 0 Å². The van der Waals surface area contributed by atoms with Crippen LogP contribution in [0.15, 0.2) is 25.0 Å². The van der Waals surface area contributed by atoms with Gasteiger partial charge in [0.05, 0.1) is 18.3 Å². The van der Waals surface area contributed by atoms with E-state index in [1.165, 1.54) is 0 Å². The Morgan fingerprint density at radius 1 is 1.68 bits per heavy atom. The van der Waals surface area contributed by atoms with E-state index in [0.29, 0.717) is 12.5 Å². The van der Waals surface area contributed by atoms with Crippen molar-refractivity contribution < 1.29 is 9.53 Å². The van der Waals surface area contributed by atoms with E-state index >= 15 is 0 Å². The Balaban J connectivity index is 1.86. The second-order valence-electron chi connectivity index (χ2n) is 5.63. The van der Waals surface area contributed by atoms with Gasteiger partial charge in [0.1, 0.15) is 0 Å². The minimum atomic E-state index is -0.223. The topological polar surface area (TPSA) is 68.2 Å². The molecule has 1 aliphatic rings. The lowest BCUT2D eigenvalue weighted by molar-refractivity contribution is -0.122. The molecule has 0 radical (unpaired) electrons. The number of rotatable bonds is 8. The SMILES string of the molecule is C=CCNC(=O)C(C)NCC1CCOC1c1cnn(CC)c1. The van der Waals surface area contributed by atoms with Crippen molar-refractivity contribution >= 4 is 5.91 Å². The fourth-order valence-corrected chi connectivity index (χ4v) is 2.66. The monoisotopic (exact) mass is 306 g/mol. The van der Waals surface area contributed by atoms with Gasteiger partial charge in [-0.15, -0.1) is 6.58 Å². The van der Waals surface area contributed by atoms with Crippen LogP contribution >= 0.6 is 0 Å². The van der Waals surface area contributed by atoms with Gasteiger partial charge in [-0.05, 0) is 20.3 Å². The Morgan fingerprint density at radius 3 is 3.18 bits per heavy atom. The van der Waals surface area contributed by atoms with Crippen molar-refractivity contribution in [3.05, 3.63) is 30.6 Å². The minimum absolute atomic E-state index is 0.00540. The van der Waals surface area contributed by atoms with Gasteiger partial charge in [0.25, 0.3) is 0 Å². The van der Waals surface area contributed by atoms with E-state index in [9.17, 15) is 4.79 Å². The molecule has 1 aliphatic heterocycles. The van der Waals surface area contributed by atoms with Gasteiger partial charge >= 0.3 is 0 Å². The van der Waals surface area contributed by atoms with E-state index in [0.717, 1.165) is 31.7 Å². The highest BCUT2D eigenvalue weighted by atomic mass is 16.5. The number of nitrogens with zero attached hydrogens (tertiary/aromatic N) is 2. The van der Waals surface area contributed by atoms with Gasteiger partial charge in [-0.2, -0.15) is 5.10 Å². The molecule has 122 valence electrons. The molecule has 22 heavy (non-hydrogen) atoms. The molecule has 1 aromatic heterocycles. The van der Waals surface area contributed by atoms with Crippen LogP contribution in [-0.2, 0) is 16.1 Å².